The Labute approximate surface area is 143 Å². The van der Waals surface area contributed by atoms with E-state index in [1.807, 2.05) is 0 Å². The minimum absolute atomic E-state index is 1.04. The Kier molecular flexibility index (Phi) is 3.13. The summed E-state index contributed by atoms with van der Waals surface area (Å²) in [7, 11) is 2.20. The fraction of sp³-hybridized carbons (Fsp3) is 0.350. The fourth-order valence-corrected chi connectivity index (χ4v) is 4.10. The maximum atomic E-state index is 5.14. The highest BCUT2D eigenvalue weighted by Gasteiger charge is 2.31. The molecule has 2 aromatic rings. The number of anilines is 2. The Morgan fingerprint density at radius 1 is 0.875 bits per heavy atom. The number of para-hydroxylation sites is 3. The fourth-order valence-electron chi connectivity index (χ4n) is 4.10. The zero-order chi connectivity index (χ0) is 16.1. The second kappa shape index (κ2) is 5.35. The Bertz CT molecular complexity index is 818. The number of hydrogen-bond donors (Lipinski definition) is 0. The van der Waals surface area contributed by atoms with Gasteiger partial charge in [0.25, 0.3) is 0 Å². The molecule has 122 valence electrons. The molecule has 3 heterocycles. The normalized spacial score (nSPS) is 19.6. The Morgan fingerprint density at radius 2 is 1.71 bits per heavy atom. The molecule has 0 amide bonds. The van der Waals surface area contributed by atoms with E-state index in [1.165, 1.54) is 22.5 Å². The lowest BCUT2D eigenvalue weighted by Crippen LogP contribution is -2.47. The standard InChI is InChI=1S/C20H22N4/c1-22-11-13-23(14-12-22)20-16-6-4-5-15-9-10-24(19(15)16)18-8-3-2-7-17(18)21-20/h2-8H,9-14H2,1H3. The third-order valence-corrected chi connectivity index (χ3v) is 5.44. The highest BCUT2D eigenvalue weighted by molar-refractivity contribution is 6.09. The molecular weight excluding hydrogens is 296 g/mol. The number of likely N-dealkylation sites (N-methyl/N-ethyl adjacent to an activating group) is 1. The van der Waals surface area contributed by atoms with Gasteiger partial charge in [0, 0.05) is 38.3 Å². The van der Waals surface area contributed by atoms with Crippen LogP contribution >= 0.6 is 0 Å². The van der Waals surface area contributed by atoms with Gasteiger partial charge in [-0.15, -0.1) is 0 Å². The molecule has 0 radical (unpaired) electrons. The summed E-state index contributed by atoms with van der Waals surface area (Å²) in [6.45, 7) is 5.33. The first-order valence-electron chi connectivity index (χ1n) is 8.82. The second-order valence-corrected chi connectivity index (χ2v) is 6.93. The quantitative estimate of drug-likeness (QED) is 0.745. The molecule has 0 aromatic heterocycles. The number of benzene rings is 2. The minimum atomic E-state index is 1.04. The molecule has 3 aliphatic rings. The second-order valence-electron chi connectivity index (χ2n) is 6.93. The molecular formula is C20H22N4. The molecule has 1 saturated heterocycles. The van der Waals surface area contributed by atoms with E-state index in [2.05, 4.69) is 64.2 Å². The minimum Gasteiger partial charge on any atom is -0.353 e. The van der Waals surface area contributed by atoms with Crippen molar-refractivity contribution >= 4 is 22.9 Å². The van der Waals surface area contributed by atoms with E-state index >= 15 is 0 Å². The van der Waals surface area contributed by atoms with Crippen LogP contribution in [0.1, 0.15) is 11.1 Å². The van der Waals surface area contributed by atoms with E-state index in [-0.39, 0.29) is 0 Å². The monoisotopic (exact) mass is 318 g/mol. The molecule has 5 rings (SSSR count). The summed E-state index contributed by atoms with van der Waals surface area (Å²) >= 11 is 0. The van der Waals surface area contributed by atoms with Gasteiger partial charge in [0.1, 0.15) is 5.84 Å². The number of rotatable bonds is 0. The van der Waals surface area contributed by atoms with E-state index in [0.29, 0.717) is 0 Å². The van der Waals surface area contributed by atoms with Crippen molar-refractivity contribution in [3.63, 3.8) is 0 Å². The van der Waals surface area contributed by atoms with Gasteiger partial charge in [-0.3, -0.25) is 0 Å². The zero-order valence-corrected chi connectivity index (χ0v) is 14.1. The summed E-state index contributed by atoms with van der Waals surface area (Å²) in [5.74, 6) is 1.15. The first-order valence-corrected chi connectivity index (χ1v) is 8.82. The average Bonchev–Trinajstić information content (AvgIpc) is 2.99. The molecule has 0 N–H and O–H groups in total. The number of hydrogen-bond acceptors (Lipinski definition) is 4. The van der Waals surface area contributed by atoms with Gasteiger partial charge >= 0.3 is 0 Å². The maximum Gasteiger partial charge on any atom is 0.138 e. The molecule has 1 fully saturated rings. The van der Waals surface area contributed by atoms with Crippen molar-refractivity contribution in [1.29, 1.82) is 0 Å². The summed E-state index contributed by atoms with van der Waals surface area (Å²) in [6, 6.07) is 15.3. The van der Waals surface area contributed by atoms with Crippen molar-refractivity contribution in [2.45, 2.75) is 6.42 Å². The summed E-state index contributed by atoms with van der Waals surface area (Å²) in [6.07, 6.45) is 1.12. The van der Waals surface area contributed by atoms with Crippen molar-refractivity contribution in [2.24, 2.45) is 4.99 Å². The summed E-state index contributed by atoms with van der Waals surface area (Å²) in [5, 5.41) is 0. The van der Waals surface area contributed by atoms with E-state index in [0.717, 1.165) is 50.7 Å². The van der Waals surface area contributed by atoms with Gasteiger partial charge in [-0.2, -0.15) is 0 Å². The van der Waals surface area contributed by atoms with Gasteiger partial charge in [0.05, 0.1) is 17.1 Å². The molecule has 0 saturated carbocycles. The predicted octanol–water partition coefficient (Wildman–Crippen LogP) is 3.02. The molecule has 0 aliphatic carbocycles. The average molecular weight is 318 g/mol. The molecule has 2 aromatic carbocycles. The van der Waals surface area contributed by atoms with Crippen LogP contribution in [0.5, 0.6) is 0 Å². The van der Waals surface area contributed by atoms with Crippen LogP contribution < -0.4 is 4.90 Å². The molecule has 0 bridgehead atoms. The predicted molar refractivity (Wildman–Crippen MR) is 98.9 cm³/mol. The third kappa shape index (κ3) is 2.06. The van der Waals surface area contributed by atoms with E-state index < -0.39 is 0 Å². The number of fused-ring (bicyclic) bond motifs is 2. The van der Waals surface area contributed by atoms with Crippen LogP contribution in [0.25, 0.3) is 0 Å². The van der Waals surface area contributed by atoms with Crippen molar-refractivity contribution < 1.29 is 0 Å². The van der Waals surface area contributed by atoms with Crippen LogP contribution in [-0.4, -0.2) is 55.4 Å². The molecule has 4 nitrogen and oxygen atoms in total. The highest BCUT2D eigenvalue weighted by atomic mass is 15.3. The van der Waals surface area contributed by atoms with Gasteiger partial charge in [0.2, 0.25) is 0 Å². The molecule has 24 heavy (non-hydrogen) atoms. The van der Waals surface area contributed by atoms with Crippen molar-refractivity contribution in [3.05, 3.63) is 53.6 Å². The van der Waals surface area contributed by atoms with Crippen LogP contribution in [0.4, 0.5) is 17.1 Å². The van der Waals surface area contributed by atoms with Gasteiger partial charge in [-0.25, -0.2) is 4.99 Å². The molecule has 0 spiro atoms. The first-order chi connectivity index (χ1) is 11.8. The van der Waals surface area contributed by atoms with E-state index in [1.54, 1.807) is 0 Å². The summed E-state index contributed by atoms with van der Waals surface area (Å²) in [4.78, 5) is 12.5. The number of piperazine rings is 1. The zero-order valence-electron chi connectivity index (χ0n) is 14.1. The molecule has 0 atom stereocenters. The van der Waals surface area contributed by atoms with Crippen LogP contribution in [0.2, 0.25) is 0 Å². The molecule has 4 heteroatoms. The Hall–Kier alpha value is -2.33. The van der Waals surface area contributed by atoms with Crippen molar-refractivity contribution in [1.82, 2.24) is 9.80 Å². The smallest absolute Gasteiger partial charge is 0.138 e. The Morgan fingerprint density at radius 3 is 2.58 bits per heavy atom. The van der Waals surface area contributed by atoms with Crippen LogP contribution in [0.15, 0.2) is 47.5 Å². The Balaban J connectivity index is 1.70. The lowest BCUT2D eigenvalue weighted by Gasteiger charge is -2.35. The van der Waals surface area contributed by atoms with Crippen LogP contribution in [-0.2, 0) is 6.42 Å². The van der Waals surface area contributed by atoms with Crippen LogP contribution in [0, 0.1) is 0 Å². The van der Waals surface area contributed by atoms with E-state index in [9.17, 15) is 0 Å². The summed E-state index contributed by atoms with van der Waals surface area (Å²) in [5.41, 5.74) is 6.46. The topological polar surface area (TPSA) is 22.1 Å². The van der Waals surface area contributed by atoms with Crippen molar-refractivity contribution in [2.75, 3.05) is 44.7 Å². The first kappa shape index (κ1) is 14.1. The van der Waals surface area contributed by atoms with Crippen LogP contribution in [0.3, 0.4) is 0 Å². The molecule has 0 unspecified atom stereocenters. The van der Waals surface area contributed by atoms with Gasteiger partial charge in [-0.05, 0) is 37.2 Å². The lowest BCUT2D eigenvalue weighted by molar-refractivity contribution is 0.216. The SMILES string of the molecule is CN1CCN(C2=Nc3ccccc3N3CCc4cccc2c43)CC1. The lowest BCUT2D eigenvalue weighted by atomic mass is 10.1. The highest BCUT2D eigenvalue weighted by Crippen LogP contribution is 2.44. The van der Waals surface area contributed by atoms with Gasteiger partial charge < -0.3 is 14.7 Å². The largest absolute Gasteiger partial charge is 0.353 e. The maximum absolute atomic E-state index is 5.14. The number of aliphatic imine (C=N–C) groups is 1. The van der Waals surface area contributed by atoms with E-state index in [4.69, 9.17) is 4.99 Å². The van der Waals surface area contributed by atoms with Gasteiger partial charge in [-0.1, -0.05) is 24.3 Å². The number of nitrogens with zero attached hydrogens (tertiary/aromatic N) is 4. The summed E-state index contributed by atoms with van der Waals surface area (Å²) < 4.78 is 0. The van der Waals surface area contributed by atoms with Gasteiger partial charge in [0.15, 0.2) is 0 Å². The van der Waals surface area contributed by atoms with Crippen molar-refractivity contribution in [3.8, 4) is 0 Å². The third-order valence-electron chi connectivity index (χ3n) is 5.44. The number of amidine groups is 1. The molecule has 3 aliphatic heterocycles.